The molecule has 3 rings (SSSR count). The summed E-state index contributed by atoms with van der Waals surface area (Å²) in [5.41, 5.74) is 1.01. The first kappa shape index (κ1) is 14.4. The maximum atomic E-state index is 11.9. The van der Waals surface area contributed by atoms with Gasteiger partial charge in [-0.25, -0.2) is 4.79 Å². The molecule has 0 bridgehead atoms. The summed E-state index contributed by atoms with van der Waals surface area (Å²) >= 11 is 0. The number of rotatable bonds is 3. The van der Waals surface area contributed by atoms with Gasteiger partial charge in [0.05, 0.1) is 6.10 Å². The molecule has 1 amide bonds. The smallest absolute Gasteiger partial charge is 0.410 e. The molecule has 1 N–H and O–H groups in total. The highest BCUT2D eigenvalue weighted by molar-refractivity contribution is 5.68. The third kappa shape index (κ3) is 3.54. The maximum Gasteiger partial charge on any atom is 0.410 e. The lowest BCUT2D eigenvalue weighted by molar-refractivity contribution is -0.00765. The number of hydrogen-bond donors (Lipinski definition) is 1. The molecule has 1 aromatic carbocycles. The molecule has 1 aromatic rings. The predicted molar refractivity (Wildman–Crippen MR) is 78.8 cm³/mol. The summed E-state index contributed by atoms with van der Waals surface area (Å²) in [5, 5.41) is 9.51. The van der Waals surface area contributed by atoms with Crippen molar-refractivity contribution in [2.45, 2.75) is 31.6 Å². The average Bonchev–Trinajstić information content (AvgIpc) is 2.47. The van der Waals surface area contributed by atoms with Crippen LogP contribution in [-0.4, -0.2) is 59.3 Å². The Kier molecular flexibility index (Phi) is 4.41. The van der Waals surface area contributed by atoms with Crippen molar-refractivity contribution >= 4 is 6.09 Å². The van der Waals surface area contributed by atoms with E-state index < -0.39 is 0 Å². The second-order valence-electron chi connectivity index (χ2n) is 5.87. The van der Waals surface area contributed by atoms with Gasteiger partial charge in [0.1, 0.15) is 6.61 Å². The first-order valence-electron chi connectivity index (χ1n) is 7.60. The molecule has 2 saturated heterocycles. The first-order chi connectivity index (χ1) is 10.2. The molecule has 0 atom stereocenters. The highest BCUT2D eigenvalue weighted by Crippen LogP contribution is 2.21. The standard InChI is InChI=1S/C16H22N2O3/c19-15-6-8-17(9-7-15)14-10-18(11-14)16(20)21-12-13-4-2-1-3-5-13/h1-5,14-15,19H,6-12H2. The molecular weight excluding hydrogens is 268 g/mol. The van der Waals surface area contributed by atoms with E-state index in [2.05, 4.69) is 4.90 Å². The van der Waals surface area contributed by atoms with Gasteiger partial charge in [0.2, 0.25) is 0 Å². The molecular formula is C16H22N2O3. The Balaban J connectivity index is 1.38. The lowest BCUT2D eigenvalue weighted by atomic mass is 10.0. The highest BCUT2D eigenvalue weighted by Gasteiger charge is 2.36. The zero-order chi connectivity index (χ0) is 14.7. The fraction of sp³-hybridized carbons (Fsp3) is 0.562. The average molecular weight is 290 g/mol. The van der Waals surface area contributed by atoms with Crippen molar-refractivity contribution in [2.75, 3.05) is 26.2 Å². The fourth-order valence-electron chi connectivity index (χ4n) is 2.90. The lowest BCUT2D eigenvalue weighted by Crippen LogP contribution is -2.62. The number of benzene rings is 1. The Morgan fingerprint density at radius 1 is 1.19 bits per heavy atom. The van der Waals surface area contributed by atoms with Crippen molar-refractivity contribution in [1.82, 2.24) is 9.80 Å². The Morgan fingerprint density at radius 2 is 1.86 bits per heavy atom. The molecule has 5 nitrogen and oxygen atoms in total. The van der Waals surface area contributed by atoms with Crippen molar-refractivity contribution in [3.63, 3.8) is 0 Å². The Morgan fingerprint density at radius 3 is 2.52 bits per heavy atom. The molecule has 21 heavy (non-hydrogen) atoms. The van der Waals surface area contributed by atoms with Crippen LogP contribution in [0, 0.1) is 0 Å². The number of hydrogen-bond acceptors (Lipinski definition) is 4. The van der Waals surface area contributed by atoms with Gasteiger partial charge in [0.25, 0.3) is 0 Å². The Bertz CT molecular complexity index is 466. The minimum atomic E-state index is -0.229. The van der Waals surface area contributed by atoms with Crippen LogP contribution in [0.2, 0.25) is 0 Å². The number of likely N-dealkylation sites (tertiary alicyclic amines) is 2. The monoisotopic (exact) mass is 290 g/mol. The van der Waals surface area contributed by atoms with Crippen LogP contribution in [-0.2, 0) is 11.3 Å². The van der Waals surface area contributed by atoms with E-state index in [1.165, 1.54) is 0 Å². The zero-order valence-electron chi connectivity index (χ0n) is 12.1. The molecule has 2 aliphatic heterocycles. The van der Waals surface area contributed by atoms with Crippen molar-refractivity contribution < 1.29 is 14.6 Å². The second-order valence-corrected chi connectivity index (χ2v) is 5.87. The predicted octanol–water partition coefficient (Wildman–Crippen LogP) is 1.46. The summed E-state index contributed by atoms with van der Waals surface area (Å²) in [6.45, 7) is 3.67. The minimum Gasteiger partial charge on any atom is -0.445 e. The number of aliphatic hydroxyl groups is 1. The summed E-state index contributed by atoms with van der Waals surface area (Å²) in [4.78, 5) is 16.0. The van der Waals surface area contributed by atoms with Crippen LogP contribution >= 0.6 is 0 Å². The Labute approximate surface area is 125 Å². The van der Waals surface area contributed by atoms with E-state index in [1.54, 1.807) is 4.90 Å². The van der Waals surface area contributed by atoms with Gasteiger partial charge in [0.15, 0.2) is 0 Å². The third-order valence-electron chi connectivity index (χ3n) is 4.34. The topological polar surface area (TPSA) is 53.0 Å². The van der Waals surface area contributed by atoms with Crippen LogP contribution < -0.4 is 0 Å². The molecule has 2 fully saturated rings. The van der Waals surface area contributed by atoms with Crippen molar-refractivity contribution in [3.05, 3.63) is 35.9 Å². The van der Waals surface area contributed by atoms with E-state index in [4.69, 9.17) is 4.74 Å². The van der Waals surface area contributed by atoms with Crippen LogP contribution in [0.5, 0.6) is 0 Å². The van der Waals surface area contributed by atoms with E-state index >= 15 is 0 Å². The SMILES string of the molecule is O=C(OCc1ccccc1)N1CC(N2CCC(O)CC2)C1. The van der Waals surface area contributed by atoms with E-state index in [-0.39, 0.29) is 12.2 Å². The summed E-state index contributed by atoms with van der Waals surface area (Å²) < 4.78 is 5.31. The van der Waals surface area contributed by atoms with Crippen LogP contribution in [0.25, 0.3) is 0 Å². The quantitative estimate of drug-likeness (QED) is 0.916. The third-order valence-corrected chi connectivity index (χ3v) is 4.34. The number of carbonyl (C=O) groups is 1. The molecule has 0 aromatic heterocycles. The molecule has 2 heterocycles. The van der Waals surface area contributed by atoms with Gasteiger partial charge in [-0.15, -0.1) is 0 Å². The van der Waals surface area contributed by atoms with Crippen molar-refractivity contribution in [2.24, 2.45) is 0 Å². The molecule has 5 heteroatoms. The highest BCUT2D eigenvalue weighted by atomic mass is 16.6. The number of carbonyl (C=O) groups excluding carboxylic acids is 1. The summed E-state index contributed by atoms with van der Waals surface area (Å²) in [6.07, 6.45) is 1.31. The van der Waals surface area contributed by atoms with Gasteiger partial charge in [-0.3, -0.25) is 4.90 Å². The van der Waals surface area contributed by atoms with Crippen LogP contribution in [0.4, 0.5) is 4.79 Å². The van der Waals surface area contributed by atoms with Gasteiger partial charge in [-0.1, -0.05) is 30.3 Å². The molecule has 114 valence electrons. The number of amides is 1. The molecule has 0 saturated carbocycles. The van der Waals surface area contributed by atoms with Crippen LogP contribution in [0.3, 0.4) is 0 Å². The number of nitrogens with zero attached hydrogens (tertiary/aromatic N) is 2. The van der Waals surface area contributed by atoms with Gasteiger partial charge < -0.3 is 14.7 Å². The van der Waals surface area contributed by atoms with E-state index in [9.17, 15) is 9.90 Å². The molecule has 0 unspecified atom stereocenters. The second kappa shape index (κ2) is 6.45. The van der Waals surface area contributed by atoms with Crippen molar-refractivity contribution in [1.29, 1.82) is 0 Å². The van der Waals surface area contributed by atoms with Crippen molar-refractivity contribution in [3.8, 4) is 0 Å². The molecule has 2 aliphatic rings. The molecule has 0 spiro atoms. The largest absolute Gasteiger partial charge is 0.445 e. The Hall–Kier alpha value is -1.59. The lowest BCUT2D eigenvalue weighted by Gasteiger charge is -2.46. The van der Waals surface area contributed by atoms with Gasteiger partial charge in [0, 0.05) is 32.2 Å². The fourth-order valence-corrected chi connectivity index (χ4v) is 2.90. The molecule has 0 aliphatic carbocycles. The van der Waals surface area contributed by atoms with E-state index in [1.807, 2.05) is 30.3 Å². The zero-order valence-corrected chi connectivity index (χ0v) is 12.1. The minimum absolute atomic E-state index is 0.145. The van der Waals surface area contributed by atoms with Crippen LogP contribution in [0.15, 0.2) is 30.3 Å². The summed E-state index contributed by atoms with van der Waals surface area (Å²) in [6, 6.07) is 10.2. The summed E-state index contributed by atoms with van der Waals surface area (Å²) in [7, 11) is 0. The van der Waals surface area contributed by atoms with E-state index in [0.717, 1.165) is 44.6 Å². The maximum absolute atomic E-state index is 11.9. The number of aliphatic hydroxyl groups excluding tert-OH is 1. The van der Waals surface area contributed by atoms with Gasteiger partial charge in [-0.2, -0.15) is 0 Å². The number of piperidine rings is 1. The van der Waals surface area contributed by atoms with Gasteiger partial charge in [-0.05, 0) is 18.4 Å². The van der Waals surface area contributed by atoms with Gasteiger partial charge >= 0.3 is 6.09 Å². The van der Waals surface area contributed by atoms with E-state index in [0.29, 0.717) is 12.6 Å². The number of ether oxygens (including phenoxy) is 1. The first-order valence-corrected chi connectivity index (χ1v) is 7.60. The molecule has 0 radical (unpaired) electrons. The van der Waals surface area contributed by atoms with Crippen LogP contribution in [0.1, 0.15) is 18.4 Å². The normalized spacial score (nSPS) is 21.1. The summed E-state index contributed by atoms with van der Waals surface area (Å²) in [5.74, 6) is 0.